The number of rotatable bonds is 5. The number of esters is 1. The fraction of sp³-hybridized carbons (Fsp3) is 0.476. The first-order chi connectivity index (χ1) is 13.0. The number of ketones is 1. The van der Waals surface area contributed by atoms with Crippen LogP contribution >= 0.6 is 0 Å². The van der Waals surface area contributed by atoms with Gasteiger partial charge in [0, 0.05) is 35.4 Å². The van der Waals surface area contributed by atoms with E-state index in [0.29, 0.717) is 29.2 Å². The molecular weight excluding hydrogens is 346 g/mol. The number of hydrogen-bond donors (Lipinski definition) is 0. The van der Waals surface area contributed by atoms with E-state index in [9.17, 15) is 9.59 Å². The molecule has 1 aliphatic heterocycles. The molecule has 1 heterocycles. The number of carbonyl (C=O) groups excluding carboxylic acids is 2. The summed E-state index contributed by atoms with van der Waals surface area (Å²) in [6.07, 6.45) is 2.05. The molecular formula is C21H25NO5. The van der Waals surface area contributed by atoms with Crippen molar-refractivity contribution in [2.75, 3.05) is 20.8 Å². The summed E-state index contributed by atoms with van der Waals surface area (Å²) >= 11 is 0. The largest absolute Gasteiger partial charge is 0.497 e. The van der Waals surface area contributed by atoms with Gasteiger partial charge in [-0.15, -0.1) is 0 Å². The van der Waals surface area contributed by atoms with Crippen LogP contribution in [0.3, 0.4) is 0 Å². The minimum Gasteiger partial charge on any atom is -0.497 e. The summed E-state index contributed by atoms with van der Waals surface area (Å²) in [5.41, 5.74) is 2.66. The Morgan fingerprint density at radius 2 is 1.96 bits per heavy atom. The van der Waals surface area contributed by atoms with Gasteiger partial charge in [0.15, 0.2) is 0 Å². The molecule has 1 aromatic carbocycles. The van der Waals surface area contributed by atoms with E-state index in [-0.39, 0.29) is 12.4 Å². The van der Waals surface area contributed by atoms with E-state index >= 15 is 0 Å². The molecule has 3 rings (SSSR count). The monoisotopic (exact) mass is 371 g/mol. The third-order valence-electron chi connectivity index (χ3n) is 5.18. The van der Waals surface area contributed by atoms with Gasteiger partial charge >= 0.3 is 5.97 Å². The molecule has 2 atom stereocenters. The van der Waals surface area contributed by atoms with Gasteiger partial charge < -0.3 is 14.2 Å². The van der Waals surface area contributed by atoms with Crippen molar-refractivity contribution < 1.29 is 23.8 Å². The van der Waals surface area contributed by atoms with Crippen LogP contribution in [0, 0.1) is 5.92 Å². The summed E-state index contributed by atoms with van der Waals surface area (Å²) in [6.45, 7) is 3.83. The summed E-state index contributed by atoms with van der Waals surface area (Å²) in [7, 11) is 3.15. The molecule has 1 saturated carbocycles. The maximum atomic E-state index is 12.8. The van der Waals surface area contributed by atoms with Gasteiger partial charge in [0.1, 0.15) is 17.3 Å². The van der Waals surface area contributed by atoms with Crippen LogP contribution in [0.4, 0.5) is 0 Å². The van der Waals surface area contributed by atoms with Crippen LogP contribution < -0.4 is 9.47 Å². The Morgan fingerprint density at radius 1 is 1.19 bits per heavy atom. The summed E-state index contributed by atoms with van der Waals surface area (Å²) < 4.78 is 16.2. The lowest BCUT2D eigenvalue weighted by molar-refractivity contribution is -0.139. The highest BCUT2D eigenvalue weighted by atomic mass is 16.5. The first-order valence-electron chi connectivity index (χ1n) is 9.21. The SMILES string of the molecule is CCOC(=O)C1=C(C)N=C2CCCC(=O)[C@@H]2[C@@H]1c1ccc(OC)cc1OC. The zero-order chi connectivity index (χ0) is 19.6. The first-order valence-corrected chi connectivity index (χ1v) is 9.21. The molecule has 27 heavy (non-hydrogen) atoms. The van der Waals surface area contributed by atoms with Crippen molar-refractivity contribution >= 4 is 17.5 Å². The highest BCUT2D eigenvalue weighted by Gasteiger charge is 2.44. The quantitative estimate of drug-likeness (QED) is 0.741. The van der Waals surface area contributed by atoms with Crippen LogP contribution in [-0.2, 0) is 14.3 Å². The number of benzene rings is 1. The predicted molar refractivity (Wildman–Crippen MR) is 101 cm³/mol. The molecule has 0 bridgehead atoms. The molecule has 0 unspecified atom stereocenters. The molecule has 0 aromatic heterocycles. The Kier molecular flexibility index (Phi) is 5.63. The van der Waals surface area contributed by atoms with Crippen LogP contribution in [0.5, 0.6) is 11.5 Å². The van der Waals surface area contributed by atoms with Gasteiger partial charge in [-0.2, -0.15) is 0 Å². The van der Waals surface area contributed by atoms with E-state index in [1.807, 2.05) is 12.1 Å². The van der Waals surface area contributed by atoms with E-state index in [1.54, 1.807) is 34.1 Å². The number of allylic oxidation sites excluding steroid dienone is 1. The third-order valence-corrected chi connectivity index (χ3v) is 5.18. The lowest BCUT2D eigenvalue weighted by Gasteiger charge is -2.36. The van der Waals surface area contributed by atoms with Gasteiger partial charge in [-0.3, -0.25) is 9.79 Å². The number of Topliss-reactive ketones (excluding diaryl/α,β-unsaturated/α-hetero) is 1. The number of hydrogen-bond acceptors (Lipinski definition) is 6. The van der Waals surface area contributed by atoms with Gasteiger partial charge in [-0.1, -0.05) is 6.07 Å². The molecule has 1 aromatic rings. The Morgan fingerprint density at radius 3 is 2.63 bits per heavy atom. The minimum atomic E-state index is -0.467. The van der Waals surface area contributed by atoms with Gasteiger partial charge in [-0.25, -0.2) is 4.79 Å². The molecule has 6 nitrogen and oxygen atoms in total. The Labute approximate surface area is 159 Å². The van der Waals surface area contributed by atoms with E-state index in [4.69, 9.17) is 14.2 Å². The number of ether oxygens (including phenoxy) is 3. The second-order valence-electron chi connectivity index (χ2n) is 6.71. The van der Waals surface area contributed by atoms with Gasteiger partial charge in [0.05, 0.1) is 32.3 Å². The number of aliphatic imine (C=N–C) groups is 1. The molecule has 0 spiro atoms. The zero-order valence-corrected chi connectivity index (χ0v) is 16.2. The summed E-state index contributed by atoms with van der Waals surface area (Å²) in [5.74, 6) is -0.0206. The number of nitrogens with zero attached hydrogens (tertiary/aromatic N) is 1. The molecule has 2 aliphatic rings. The maximum Gasteiger partial charge on any atom is 0.336 e. The molecule has 0 amide bonds. The summed E-state index contributed by atoms with van der Waals surface area (Å²) in [4.78, 5) is 30.2. The van der Waals surface area contributed by atoms with Crippen molar-refractivity contribution in [1.82, 2.24) is 0 Å². The lowest BCUT2D eigenvalue weighted by Crippen LogP contribution is -2.39. The molecule has 6 heteroatoms. The number of methoxy groups -OCH3 is 2. The van der Waals surface area contributed by atoms with E-state index in [2.05, 4.69) is 4.99 Å². The molecule has 144 valence electrons. The maximum absolute atomic E-state index is 12.8. The van der Waals surface area contributed by atoms with Crippen molar-refractivity contribution in [3.63, 3.8) is 0 Å². The molecule has 0 radical (unpaired) electrons. The first kappa shape index (κ1) is 19.1. The van der Waals surface area contributed by atoms with Crippen LogP contribution in [-0.4, -0.2) is 38.3 Å². The van der Waals surface area contributed by atoms with Gasteiger partial charge in [0.2, 0.25) is 0 Å². The predicted octanol–water partition coefficient (Wildman–Crippen LogP) is 3.45. The van der Waals surface area contributed by atoms with Crippen LogP contribution in [0.25, 0.3) is 0 Å². The number of carbonyl (C=O) groups is 2. The van der Waals surface area contributed by atoms with E-state index < -0.39 is 17.8 Å². The molecule has 1 fully saturated rings. The van der Waals surface area contributed by atoms with Crippen molar-refractivity contribution in [3.05, 3.63) is 35.0 Å². The highest BCUT2D eigenvalue weighted by Crippen LogP contribution is 2.46. The average molecular weight is 371 g/mol. The molecule has 1 aliphatic carbocycles. The van der Waals surface area contributed by atoms with Crippen molar-refractivity contribution in [2.24, 2.45) is 10.9 Å². The topological polar surface area (TPSA) is 74.2 Å². The zero-order valence-electron chi connectivity index (χ0n) is 16.2. The smallest absolute Gasteiger partial charge is 0.336 e. The summed E-state index contributed by atoms with van der Waals surface area (Å²) in [6, 6.07) is 5.44. The van der Waals surface area contributed by atoms with Crippen molar-refractivity contribution in [3.8, 4) is 11.5 Å². The van der Waals surface area contributed by atoms with Gasteiger partial charge in [-0.05, 0) is 32.8 Å². The van der Waals surface area contributed by atoms with Gasteiger partial charge in [0.25, 0.3) is 0 Å². The molecule has 0 N–H and O–H groups in total. The normalized spacial score (nSPS) is 22.1. The standard InChI is InChI=1S/C21H25NO5/c1-5-27-21(24)18-12(2)22-15-7-6-8-16(23)20(15)19(18)14-10-9-13(25-3)11-17(14)26-4/h9-11,19-20H,5-8H2,1-4H3/t19-,20-/m1/s1. The summed E-state index contributed by atoms with van der Waals surface area (Å²) in [5, 5.41) is 0. The third kappa shape index (κ3) is 3.48. The van der Waals surface area contributed by atoms with E-state index in [0.717, 1.165) is 24.1 Å². The van der Waals surface area contributed by atoms with Crippen molar-refractivity contribution in [1.29, 1.82) is 0 Å². The van der Waals surface area contributed by atoms with Crippen LogP contribution in [0.15, 0.2) is 34.5 Å². The van der Waals surface area contributed by atoms with Crippen LogP contribution in [0.2, 0.25) is 0 Å². The second-order valence-corrected chi connectivity index (χ2v) is 6.71. The fourth-order valence-electron chi connectivity index (χ4n) is 4.01. The van der Waals surface area contributed by atoms with Crippen molar-refractivity contribution in [2.45, 2.75) is 39.0 Å². The number of fused-ring (bicyclic) bond motifs is 1. The fourth-order valence-corrected chi connectivity index (χ4v) is 4.01. The average Bonchev–Trinajstić information content (AvgIpc) is 2.66. The van der Waals surface area contributed by atoms with Crippen LogP contribution in [0.1, 0.15) is 44.6 Å². The second kappa shape index (κ2) is 7.94. The lowest BCUT2D eigenvalue weighted by atomic mass is 9.69. The highest BCUT2D eigenvalue weighted by molar-refractivity contribution is 6.11. The minimum absolute atomic E-state index is 0.108. The Balaban J connectivity index is 2.20. The molecule has 0 saturated heterocycles. The Bertz CT molecular complexity index is 824. The van der Waals surface area contributed by atoms with E-state index in [1.165, 1.54) is 0 Å². The Hall–Kier alpha value is -2.63.